The Labute approximate surface area is 123 Å². The van der Waals surface area contributed by atoms with Gasteiger partial charge in [-0.05, 0) is 50.6 Å². The lowest BCUT2D eigenvalue weighted by Crippen LogP contribution is -2.54. The first kappa shape index (κ1) is 15.3. The van der Waals surface area contributed by atoms with Gasteiger partial charge < -0.3 is 15.3 Å². The number of aromatic hydroxyl groups is 1. The van der Waals surface area contributed by atoms with E-state index in [1.807, 2.05) is 12.1 Å². The fourth-order valence-electron chi connectivity index (χ4n) is 3.41. The fraction of sp³-hybridized carbons (Fsp3) is 0.647. The second-order valence-corrected chi connectivity index (χ2v) is 6.59. The Kier molecular flexibility index (Phi) is 5.06. The van der Waals surface area contributed by atoms with Gasteiger partial charge in [-0.2, -0.15) is 0 Å². The molecule has 0 amide bonds. The number of hydrogen-bond acceptors (Lipinski definition) is 3. The van der Waals surface area contributed by atoms with E-state index in [1.165, 1.54) is 31.2 Å². The molecular formula is C17H28N2O. The van der Waals surface area contributed by atoms with E-state index in [1.54, 1.807) is 12.1 Å². The van der Waals surface area contributed by atoms with Crippen LogP contribution in [0.1, 0.15) is 38.2 Å². The lowest BCUT2D eigenvalue weighted by Gasteiger charge is -2.45. The minimum Gasteiger partial charge on any atom is -0.508 e. The highest BCUT2D eigenvalue weighted by atomic mass is 16.3. The zero-order chi connectivity index (χ0) is 14.6. The average Bonchev–Trinajstić information content (AvgIpc) is 2.41. The summed E-state index contributed by atoms with van der Waals surface area (Å²) >= 11 is 0. The maximum atomic E-state index is 9.30. The molecule has 0 bridgehead atoms. The number of rotatable bonds is 5. The number of likely N-dealkylation sites (N-methyl/N-ethyl adjacent to an activating group) is 1. The molecule has 0 saturated heterocycles. The van der Waals surface area contributed by atoms with Gasteiger partial charge in [0, 0.05) is 18.6 Å². The molecule has 2 rings (SSSR count). The van der Waals surface area contributed by atoms with Crippen LogP contribution in [0, 0.1) is 5.92 Å². The van der Waals surface area contributed by atoms with Gasteiger partial charge in [-0.3, -0.25) is 0 Å². The average molecular weight is 276 g/mol. The van der Waals surface area contributed by atoms with Crippen molar-refractivity contribution in [1.82, 2.24) is 10.2 Å². The van der Waals surface area contributed by atoms with Gasteiger partial charge in [0.15, 0.2) is 0 Å². The summed E-state index contributed by atoms with van der Waals surface area (Å²) in [5, 5.41) is 12.9. The van der Waals surface area contributed by atoms with Crippen molar-refractivity contribution in [3.8, 4) is 5.75 Å². The standard InChI is InChI=1S/C17H28N2O/c1-14-5-4-10-17(11-14,19(2)3)13-18-12-15-6-8-16(20)9-7-15/h6-9,14,18,20H,4-5,10-13H2,1-3H3. The molecule has 0 aliphatic heterocycles. The molecule has 2 unspecified atom stereocenters. The molecule has 1 fully saturated rings. The molecule has 1 aromatic carbocycles. The molecule has 0 radical (unpaired) electrons. The van der Waals surface area contributed by atoms with Gasteiger partial charge in [-0.1, -0.05) is 31.9 Å². The third-order valence-corrected chi connectivity index (χ3v) is 4.74. The summed E-state index contributed by atoms with van der Waals surface area (Å²) in [6.07, 6.45) is 5.27. The van der Waals surface area contributed by atoms with E-state index in [9.17, 15) is 5.11 Å². The Hall–Kier alpha value is -1.06. The van der Waals surface area contributed by atoms with Crippen molar-refractivity contribution < 1.29 is 5.11 Å². The maximum Gasteiger partial charge on any atom is 0.115 e. The molecule has 112 valence electrons. The summed E-state index contributed by atoms with van der Waals surface area (Å²) in [5.74, 6) is 1.15. The van der Waals surface area contributed by atoms with Crippen LogP contribution >= 0.6 is 0 Å². The zero-order valence-electron chi connectivity index (χ0n) is 13.0. The van der Waals surface area contributed by atoms with Crippen molar-refractivity contribution in [2.24, 2.45) is 5.92 Å². The molecule has 0 aromatic heterocycles. The lowest BCUT2D eigenvalue weighted by atomic mass is 9.75. The van der Waals surface area contributed by atoms with E-state index in [2.05, 4.69) is 31.2 Å². The molecule has 0 heterocycles. The molecular weight excluding hydrogens is 248 g/mol. The second-order valence-electron chi connectivity index (χ2n) is 6.59. The zero-order valence-corrected chi connectivity index (χ0v) is 13.0. The van der Waals surface area contributed by atoms with Crippen LogP contribution in [0.4, 0.5) is 0 Å². The molecule has 1 aliphatic rings. The van der Waals surface area contributed by atoms with E-state index in [0.29, 0.717) is 11.3 Å². The predicted octanol–water partition coefficient (Wildman–Crippen LogP) is 2.99. The fourth-order valence-corrected chi connectivity index (χ4v) is 3.41. The van der Waals surface area contributed by atoms with Gasteiger partial charge in [0.25, 0.3) is 0 Å². The monoisotopic (exact) mass is 276 g/mol. The minimum atomic E-state index is 0.300. The van der Waals surface area contributed by atoms with Crippen LogP contribution in [-0.2, 0) is 6.54 Å². The molecule has 2 atom stereocenters. The van der Waals surface area contributed by atoms with Gasteiger partial charge >= 0.3 is 0 Å². The Balaban J connectivity index is 1.91. The first-order chi connectivity index (χ1) is 9.52. The third-order valence-electron chi connectivity index (χ3n) is 4.74. The van der Waals surface area contributed by atoms with Gasteiger partial charge in [0.2, 0.25) is 0 Å². The summed E-state index contributed by atoms with van der Waals surface area (Å²) in [6.45, 7) is 4.27. The Morgan fingerprint density at radius 3 is 2.60 bits per heavy atom. The van der Waals surface area contributed by atoms with E-state index >= 15 is 0 Å². The maximum absolute atomic E-state index is 9.30. The van der Waals surface area contributed by atoms with Crippen LogP contribution in [0.2, 0.25) is 0 Å². The summed E-state index contributed by atoms with van der Waals surface area (Å²) in [4.78, 5) is 2.41. The van der Waals surface area contributed by atoms with E-state index < -0.39 is 0 Å². The van der Waals surface area contributed by atoms with Crippen molar-refractivity contribution in [3.05, 3.63) is 29.8 Å². The Morgan fingerprint density at radius 1 is 1.30 bits per heavy atom. The number of nitrogens with one attached hydrogen (secondary N) is 1. The largest absolute Gasteiger partial charge is 0.508 e. The SMILES string of the molecule is CC1CCCC(CNCc2ccc(O)cc2)(N(C)C)C1. The normalized spacial score (nSPS) is 26.9. The molecule has 20 heavy (non-hydrogen) atoms. The van der Waals surface area contributed by atoms with Crippen molar-refractivity contribution in [2.45, 2.75) is 44.7 Å². The molecule has 0 spiro atoms. The highest BCUT2D eigenvalue weighted by Crippen LogP contribution is 2.35. The van der Waals surface area contributed by atoms with Crippen LogP contribution in [-0.4, -0.2) is 36.2 Å². The van der Waals surface area contributed by atoms with Crippen LogP contribution in [0.15, 0.2) is 24.3 Å². The summed E-state index contributed by atoms with van der Waals surface area (Å²) in [5.41, 5.74) is 1.52. The van der Waals surface area contributed by atoms with E-state index in [4.69, 9.17) is 0 Å². The minimum absolute atomic E-state index is 0.300. The second kappa shape index (κ2) is 6.59. The predicted molar refractivity (Wildman–Crippen MR) is 83.9 cm³/mol. The van der Waals surface area contributed by atoms with Gasteiger partial charge in [-0.25, -0.2) is 0 Å². The molecule has 1 aromatic rings. The van der Waals surface area contributed by atoms with E-state index in [-0.39, 0.29) is 0 Å². The summed E-state index contributed by atoms with van der Waals surface area (Å²) < 4.78 is 0. The van der Waals surface area contributed by atoms with Gasteiger partial charge in [-0.15, -0.1) is 0 Å². The lowest BCUT2D eigenvalue weighted by molar-refractivity contribution is 0.0749. The van der Waals surface area contributed by atoms with Crippen LogP contribution < -0.4 is 5.32 Å². The quantitative estimate of drug-likeness (QED) is 0.868. The molecule has 1 saturated carbocycles. The highest BCUT2D eigenvalue weighted by molar-refractivity contribution is 5.25. The highest BCUT2D eigenvalue weighted by Gasteiger charge is 2.36. The summed E-state index contributed by atoms with van der Waals surface area (Å²) in [6, 6.07) is 7.46. The van der Waals surface area contributed by atoms with Gasteiger partial charge in [0.05, 0.1) is 0 Å². The number of phenols is 1. The van der Waals surface area contributed by atoms with E-state index in [0.717, 1.165) is 19.0 Å². The molecule has 3 nitrogen and oxygen atoms in total. The van der Waals surface area contributed by atoms with Crippen molar-refractivity contribution in [2.75, 3.05) is 20.6 Å². The smallest absolute Gasteiger partial charge is 0.115 e. The molecule has 3 heteroatoms. The number of nitrogens with zero attached hydrogens (tertiary/aromatic N) is 1. The van der Waals surface area contributed by atoms with Crippen molar-refractivity contribution in [1.29, 1.82) is 0 Å². The number of phenolic OH excluding ortho intramolecular Hbond substituents is 1. The van der Waals surface area contributed by atoms with Crippen LogP contribution in [0.25, 0.3) is 0 Å². The third kappa shape index (κ3) is 3.74. The first-order valence-electron chi connectivity index (χ1n) is 7.68. The van der Waals surface area contributed by atoms with Crippen molar-refractivity contribution >= 4 is 0 Å². The van der Waals surface area contributed by atoms with Crippen LogP contribution in [0.5, 0.6) is 5.75 Å². The van der Waals surface area contributed by atoms with Gasteiger partial charge in [0.1, 0.15) is 5.75 Å². The number of hydrogen-bond donors (Lipinski definition) is 2. The summed E-state index contributed by atoms with van der Waals surface area (Å²) in [7, 11) is 4.42. The Bertz CT molecular complexity index is 416. The molecule has 1 aliphatic carbocycles. The van der Waals surface area contributed by atoms with Crippen LogP contribution in [0.3, 0.4) is 0 Å². The first-order valence-corrected chi connectivity index (χ1v) is 7.68. The number of benzene rings is 1. The topological polar surface area (TPSA) is 35.5 Å². The van der Waals surface area contributed by atoms with Crippen molar-refractivity contribution in [3.63, 3.8) is 0 Å². The Morgan fingerprint density at radius 2 is 2.00 bits per heavy atom. The molecule has 2 N–H and O–H groups in total.